The molecule has 0 aliphatic rings. The zero-order chi connectivity index (χ0) is 19.6. The van der Waals surface area contributed by atoms with E-state index < -0.39 is 12.1 Å². The summed E-state index contributed by atoms with van der Waals surface area (Å²) in [6, 6.07) is 11.8. The number of rotatable bonds is 6. The standard InChI is InChI=1S/C20H23N3O3S/c1-12(2)21-18(24)14(4)26-20(25)17-10-16-13(3)22-23(19(16)27-17)11-15-8-6-5-7-9-15/h5-10,12,14H,11H2,1-4H3,(H,21,24). The molecule has 1 aromatic carbocycles. The highest BCUT2D eigenvalue weighted by Crippen LogP contribution is 2.29. The fraction of sp³-hybridized carbons (Fsp3) is 0.350. The van der Waals surface area contributed by atoms with Crippen LogP contribution >= 0.6 is 11.3 Å². The number of carbonyl (C=O) groups is 2. The Bertz CT molecular complexity index is 960. The quantitative estimate of drug-likeness (QED) is 0.659. The fourth-order valence-electron chi connectivity index (χ4n) is 2.75. The highest BCUT2D eigenvalue weighted by atomic mass is 32.1. The number of amides is 1. The van der Waals surface area contributed by atoms with Crippen LogP contribution in [0.25, 0.3) is 10.2 Å². The van der Waals surface area contributed by atoms with Crippen molar-refractivity contribution in [2.45, 2.75) is 46.4 Å². The maximum Gasteiger partial charge on any atom is 0.349 e. The van der Waals surface area contributed by atoms with Gasteiger partial charge in [-0.15, -0.1) is 11.3 Å². The molecule has 2 aromatic heterocycles. The number of hydrogen-bond donors (Lipinski definition) is 1. The number of nitrogens with one attached hydrogen (secondary N) is 1. The van der Waals surface area contributed by atoms with Crippen molar-refractivity contribution in [1.82, 2.24) is 15.1 Å². The van der Waals surface area contributed by atoms with Crippen LogP contribution in [0.15, 0.2) is 36.4 Å². The largest absolute Gasteiger partial charge is 0.448 e. The molecule has 0 saturated carbocycles. The summed E-state index contributed by atoms with van der Waals surface area (Å²) >= 11 is 1.33. The predicted octanol–water partition coefficient (Wildman–Crippen LogP) is 3.52. The lowest BCUT2D eigenvalue weighted by atomic mass is 10.2. The Morgan fingerprint density at radius 2 is 1.93 bits per heavy atom. The molecule has 6 nitrogen and oxygen atoms in total. The van der Waals surface area contributed by atoms with Gasteiger partial charge < -0.3 is 10.1 Å². The van der Waals surface area contributed by atoms with Gasteiger partial charge in [0.1, 0.15) is 9.71 Å². The first-order valence-corrected chi connectivity index (χ1v) is 9.69. The Kier molecular flexibility index (Phi) is 5.60. The van der Waals surface area contributed by atoms with Crippen molar-refractivity contribution in [2.75, 3.05) is 0 Å². The fourth-order valence-corrected chi connectivity index (χ4v) is 3.79. The van der Waals surface area contributed by atoms with Crippen molar-refractivity contribution >= 4 is 33.4 Å². The Morgan fingerprint density at radius 1 is 1.22 bits per heavy atom. The minimum absolute atomic E-state index is 0.00500. The zero-order valence-corrected chi connectivity index (χ0v) is 16.7. The highest BCUT2D eigenvalue weighted by molar-refractivity contribution is 7.20. The molecule has 3 rings (SSSR count). The number of thiophene rings is 1. The van der Waals surface area contributed by atoms with Gasteiger partial charge in [-0.05, 0) is 39.3 Å². The Balaban J connectivity index is 1.79. The summed E-state index contributed by atoms with van der Waals surface area (Å²) in [5, 5.41) is 8.25. The molecule has 0 aliphatic carbocycles. The van der Waals surface area contributed by atoms with Gasteiger partial charge in [-0.2, -0.15) is 5.10 Å². The second-order valence-corrected chi connectivity index (χ2v) is 7.80. The number of esters is 1. The minimum atomic E-state index is -0.841. The lowest BCUT2D eigenvalue weighted by Crippen LogP contribution is -2.39. The van der Waals surface area contributed by atoms with Crippen molar-refractivity contribution < 1.29 is 14.3 Å². The van der Waals surface area contributed by atoms with Gasteiger partial charge in [-0.25, -0.2) is 4.79 Å². The molecule has 0 saturated heterocycles. The summed E-state index contributed by atoms with van der Waals surface area (Å²) in [6.07, 6.45) is -0.841. The Morgan fingerprint density at radius 3 is 2.59 bits per heavy atom. The molecule has 0 bridgehead atoms. The molecule has 1 atom stereocenters. The van der Waals surface area contributed by atoms with Crippen LogP contribution in [0.4, 0.5) is 0 Å². The Labute approximate surface area is 162 Å². The predicted molar refractivity (Wildman–Crippen MR) is 106 cm³/mol. The van der Waals surface area contributed by atoms with E-state index in [0.717, 1.165) is 21.5 Å². The SMILES string of the molecule is Cc1nn(Cc2ccccc2)c2sc(C(=O)OC(C)C(=O)NC(C)C)cc12. The summed E-state index contributed by atoms with van der Waals surface area (Å²) in [7, 11) is 0. The van der Waals surface area contributed by atoms with E-state index in [1.165, 1.54) is 11.3 Å². The first-order valence-electron chi connectivity index (χ1n) is 8.87. The summed E-state index contributed by atoms with van der Waals surface area (Å²) in [4.78, 5) is 25.8. The molecule has 2 heterocycles. The summed E-state index contributed by atoms with van der Waals surface area (Å²) < 4.78 is 7.22. The van der Waals surface area contributed by atoms with E-state index >= 15 is 0 Å². The third kappa shape index (κ3) is 4.36. The van der Waals surface area contributed by atoms with Crippen molar-refractivity contribution in [3.63, 3.8) is 0 Å². The van der Waals surface area contributed by atoms with Gasteiger partial charge in [0.05, 0.1) is 12.2 Å². The average molecular weight is 385 g/mol. The van der Waals surface area contributed by atoms with Gasteiger partial charge >= 0.3 is 5.97 Å². The highest BCUT2D eigenvalue weighted by Gasteiger charge is 2.22. The van der Waals surface area contributed by atoms with Crippen molar-refractivity contribution in [1.29, 1.82) is 0 Å². The molecule has 1 unspecified atom stereocenters. The van der Waals surface area contributed by atoms with Crippen molar-refractivity contribution in [2.24, 2.45) is 0 Å². The molecular formula is C20H23N3O3S. The molecule has 7 heteroatoms. The normalized spacial score (nSPS) is 12.3. The zero-order valence-electron chi connectivity index (χ0n) is 15.9. The molecule has 0 aliphatic heterocycles. The van der Waals surface area contributed by atoms with E-state index in [-0.39, 0.29) is 11.9 Å². The molecule has 3 aromatic rings. The molecule has 0 radical (unpaired) electrons. The third-order valence-electron chi connectivity index (χ3n) is 4.07. The maximum absolute atomic E-state index is 12.5. The molecule has 0 fully saturated rings. The molecule has 1 amide bonds. The lowest BCUT2D eigenvalue weighted by Gasteiger charge is -2.14. The van der Waals surface area contributed by atoms with Gasteiger partial charge in [0, 0.05) is 11.4 Å². The van der Waals surface area contributed by atoms with Crippen LogP contribution in [0.1, 0.15) is 41.7 Å². The molecular weight excluding hydrogens is 362 g/mol. The van der Waals surface area contributed by atoms with E-state index in [2.05, 4.69) is 10.4 Å². The Hall–Kier alpha value is -2.67. The molecule has 27 heavy (non-hydrogen) atoms. The first kappa shape index (κ1) is 19.1. The topological polar surface area (TPSA) is 73.2 Å². The van der Waals surface area contributed by atoms with Gasteiger partial charge in [0.25, 0.3) is 5.91 Å². The van der Waals surface area contributed by atoms with Gasteiger partial charge in [0.15, 0.2) is 6.10 Å². The van der Waals surface area contributed by atoms with Gasteiger partial charge in [-0.1, -0.05) is 30.3 Å². The summed E-state index contributed by atoms with van der Waals surface area (Å²) in [5.41, 5.74) is 2.00. The third-order valence-corrected chi connectivity index (χ3v) is 5.20. The first-order chi connectivity index (χ1) is 12.8. The van der Waals surface area contributed by atoms with Crippen LogP contribution in [0.5, 0.6) is 0 Å². The number of nitrogens with zero attached hydrogens (tertiary/aromatic N) is 2. The van der Waals surface area contributed by atoms with Crippen LogP contribution in [0, 0.1) is 6.92 Å². The number of carbonyl (C=O) groups excluding carboxylic acids is 2. The maximum atomic E-state index is 12.5. The summed E-state index contributed by atoms with van der Waals surface area (Å²) in [5.74, 6) is -0.792. The monoisotopic (exact) mass is 385 g/mol. The second-order valence-electron chi connectivity index (χ2n) is 6.77. The lowest BCUT2D eigenvalue weighted by molar-refractivity contribution is -0.129. The van der Waals surface area contributed by atoms with Gasteiger partial charge in [-0.3, -0.25) is 9.48 Å². The van der Waals surface area contributed by atoms with E-state index in [9.17, 15) is 9.59 Å². The average Bonchev–Trinajstić information content (AvgIpc) is 3.17. The van der Waals surface area contributed by atoms with Gasteiger partial charge in [0.2, 0.25) is 0 Å². The molecule has 142 valence electrons. The minimum Gasteiger partial charge on any atom is -0.448 e. The van der Waals surface area contributed by atoms with Crippen LogP contribution in [-0.4, -0.2) is 33.8 Å². The van der Waals surface area contributed by atoms with Crippen LogP contribution in [0.2, 0.25) is 0 Å². The summed E-state index contributed by atoms with van der Waals surface area (Å²) in [6.45, 7) is 7.85. The number of aromatic nitrogens is 2. The van der Waals surface area contributed by atoms with Crippen molar-refractivity contribution in [3.8, 4) is 0 Å². The smallest absolute Gasteiger partial charge is 0.349 e. The number of aryl methyl sites for hydroxylation is 1. The van der Waals surface area contributed by atoms with E-state index in [4.69, 9.17) is 4.74 Å². The number of hydrogen-bond acceptors (Lipinski definition) is 5. The van der Waals surface area contributed by atoms with Crippen LogP contribution in [-0.2, 0) is 16.1 Å². The second kappa shape index (κ2) is 7.92. The van der Waals surface area contributed by atoms with E-state index in [1.54, 1.807) is 13.0 Å². The van der Waals surface area contributed by atoms with Crippen LogP contribution < -0.4 is 5.32 Å². The molecule has 0 spiro atoms. The van der Waals surface area contributed by atoms with Crippen LogP contribution in [0.3, 0.4) is 0 Å². The number of ether oxygens (including phenoxy) is 1. The number of fused-ring (bicyclic) bond motifs is 1. The number of benzene rings is 1. The van der Waals surface area contributed by atoms with Crippen molar-refractivity contribution in [3.05, 3.63) is 52.5 Å². The van der Waals surface area contributed by atoms with E-state index in [1.807, 2.05) is 55.8 Å². The molecule has 1 N–H and O–H groups in total. The van der Waals surface area contributed by atoms with E-state index in [0.29, 0.717) is 11.4 Å².